The summed E-state index contributed by atoms with van der Waals surface area (Å²) in [6.07, 6.45) is 6.68. The Bertz CT molecular complexity index is 1780. The maximum atomic E-state index is 13.6. The molecule has 7 heteroatoms. The quantitative estimate of drug-likeness (QED) is 0.238. The first-order valence-corrected chi connectivity index (χ1v) is 15.2. The van der Waals surface area contributed by atoms with Crippen molar-refractivity contribution in [3.8, 4) is 17.8 Å². The second-order valence-corrected chi connectivity index (χ2v) is 11.9. The Hall–Kier alpha value is -4.04. The maximum Gasteiger partial charge on any atom is 0.273 e. The Balaban J connectivity index is 1.61. The topological polar surface area (TPSA) is 72.8 Å². The third kappa shape index (κ3) is 5.49. The molecule has 0 aliphatic carbocycles. The van der Waals surface area contributed by atoms with E-state index in [0.29, 0.717) is 20.8 Å². The highest BCUT2D eigenvalue weighted by molar-refractivity contribution is 7.99. The van der Waals surface area contributed by atoms with Gasteiger partial charge in [-0.3, -0.25) is 9.36 Å². The van der Waals surface area contributed by atoms with Gasteiger partial charge in [-0.2, -0.15) is 10.5 Å². The van der Waals surface area contributed by atoms with Crippen LogP contribution in [0.3, 0.4) is 0 Å². The highest BCUT2D eigenvalue weighted by Crippen LogP contribution is 2.48. The molecule has 0 bridgehead atoms. The normalized spacial score (nSPS) is 13.2. The number of fused-ring (bicyclic) bond motifs is 2. The molecule has 200 valence electrons. The first kappa shape index (κ1) is 27.5. The molecule has 1 aromatic heterocycles. The van der Waals surface area contributed by atoms with Gasteiger partial charge in [0.25, 0.3) is 5.56 Å². The lowest BCUT2D eigenvalue weighted by Crippen LogP contribution is -2.30. The fourth-order valence-corrected chi connectivity index (χ4v) is 7.24. The van der Waals surface area contributed by atoms with Crippen LogP contribution >= 0.6 is 23.1 Å². The van der Waals surface area contributed by atoms with Gasteiger partial charge >= 0.3 is 0 Å². The Kier molecular flexibility index (Phi) is 8.55. The van der Waals surface area contributed by atoms with Crippen LogP contribution in [0.15, 0.2) is 87.4 Å². The van der Waals surface area contributed by atoms with Crippen molar-refractivity contribution in [3.63, 3.8) is 0 Å². The van der Waals surface area contributed by atoms with E-state index in [1.165, 1.54) is 51.4 Å². The number of benzene rings is 3. The van der Waals surface area contributed by atoms with E-state index in [4.69, 9.17) is 0 Å². The summed E-state index contributed by atoms with van der Waals surface area (Å²) in [7, 11) is 0. The van der Waals surface area contributed by atoms with Gasteiger partial charge in [0.05, 0.1) is 21.6 Å². The Morgan fingerprint density at radius 1 is 0.950 bits per heavy atom. The zero-order valence-electron chi connectivity index (χ0n) is 22.6. The molecule has 2 heterocycles. The van der Waals surface area contributed by atoms with Crippen molar-refractivity contribution in [2.75, 3.05) is 11.4 Å². The molecule has 3 aromatic carbocycles. The van der Waals surface area contributed by atoms with E-state index in [0.717, 1.165) is 23.4 Å². The molecule has 40 heavy (non-hydrogen) atoms. The largest absolute Gasteiger partial charge is 0.339 e. The van der Waals surface area contributed by atoms with Crippen molar-refractivity contribution < 1.29 is 0 Å². The molecule has 5 nitrogen and oxygen atoms in total. The first-order valence-electron chi connectivity index (χ1n) is 13.6. The smallest absolute Gasteiger partial charge is 0.273 e. The van der Waals surface area contributed by atoms with Gasteiger partial charge < -0.3 is 4.90 Å². The molecule has 1 aliphatic heterocycles. The minimum atomic E-state index is -0.242. The maximum absolute atomic E-state index is 13.6. The molecule has 1 unspecified atom stereocenters. The van der Waals surface area contributed by atoms with Crippen LogP contribution in [0.2, 0.25) is 0 Å². The number of thiazole rings is 1. The molecule has 4 aromatic rings. The van der Waals surface area contributed by atoms with E-state index >= 15 is 0 Å². The average molecular weight is 563 g/mol. The molecule has 5 rings (SSSR count). The highest BCUT2D eigenvalue weighted by Gasteiger charge is 2.25. The number of nitriles is 2. The molecule has 0 radical (unpaired) electrons. The molecule has 0 amide bonds. The summed E-state index contributed by atoms with van der Waals surface area (Å²) in [6, 6.07) is 28.0. The average Bonchev–Trinajstić information content (AvgIpc) is 3.30. The number of hydrogen-bond acceptors (Lipinski definition) is 6. The second kappa shape index (κ2) is 12.4. The first-order chi connectivity index (χ1) is 19.6. The van der Waals surface area contributed by atoms with Crippen LogP contribution in [0.4, 0.5) is 11.4 Å². The van der Waals surface area contributed by atoms with Gasteiger partial charge in [0.15, 0.2) is 5.57 Å². The van der Waals surface area contributed by atoms with Crippen LogP contribution in [-0.2, 0) is 0 Å². The van der Waals surface area contributed by atoms with E-state index in [2.05, 4.69) is 61.2 Å². The SMILES string of the molecule is CCCCC(CC)CN1c2ccccc2Sc2cc(/C=c3\sc(=C(C#N)C#N)n(-c4ccccc4)c3=O)ccc21. The van der Waals surface area contributed by atoms with Crippen molar-refractivity contribution in [2.24, 2.45) is 5.92 Å². The molecule has 0 spiro atoms. The zero-order valence-corrected chi connectivity index (χ0v) is 24.3. The number of hydrogen-bond donors (Lipinski definition) is 0. The van der Waals surface area contributed by atoms with E-state index in [9.17, 15) is 15.3 Å². The fraction of sp³-hybridized carbons (Fsp3) is 0.242. The minimum absolute atomic E-state index is 0.0765. The minimum Gasteiger partial charge on any atom is -0.339 e. The predicted octanol–water partition coefficient (Wildman–Crippen LogP) is 6.74. The van der Waals surface area contributed by atoms with Gasteiger partial charge in [0.1, 0.15) is 16.8 Å². The third-order valence-electron chi connectivity index (χ3n) is 7.21. The molecule has 0 fully saturated rings. The van der Waals surface area contributed by atoms with E-state index in [-0.39, 0.29) is 11.1 Å². The lowest BCUT2D eigenvalue weighted by Gasteiger charge is -2.35. The molecule has 0 N–H and O–H groups in total. The van der Waals surface area contributed by atoms with Crippen LogP contribution in [0.5, 0.6) is 0 Å². The molecule has 1 aliphatic rings. The summed E-state index contributed by atoms with van der Waals surface area (Å²) in [5, 5.41) is 19.1. The van der Waals surface area contributed by atoms with Crippen molar-refractivity contribution in [1.29, 1.82) is 10.5 Å². The third-order valence-corrected chi connectivity index (χ3v) is 9.41. The summed E-state index contributed by atoms with van der Waals surface area (Å²) in [5.41, 5.74) is 3.65. The monoisotopic (exact) mass is 562 g/mol. The van der Waals surface area contributed by atoms with E-state index in [1.54, 1.807) is 23.9 Å². The van der Waals surface area contributed by atoms with Crippen molar-refractivity contribution in [3.05, 3.63) is 97.9 Å². The Morgan fingerprint density at radius 3 is 2.40 bits per heavy atom. The number of rotatable bonds is 8. The molecular weight excluding hydrogens is 533 g/mol. The van der Waals surface area contributed by atoms with Gasteiger partial charge in [0, 0.05) is 16.3 Å². The standard InChI is InChI=1S/C33H30N4OS2/c1-3-5-11-23(4-2)22-36-27-14-9-10-15-29(27)39-30-18-24(16-17-28(30)36)19-31-32(38)37(26-12-7-6-8-13-26)33(40-31)25(20-34)21-35/h6-10,12-19,23H,3-5,11,22H2,1-2H3/b31-19-. The van der Waals surface area contributed by atoms with Gasteiger partial charge in [-0.05, 0) is 60.4 Å². The summed E-state index contributed by atoms with van der Waals surface area (Å²) < 4.78 is 2.29. The van der Waals surface area contributed by atoms with Crippen LogP contribution < -0.4 is 19.7 Å². The molecule has 1 atom stereocenters. The number of para-hydroxylation sites is 2. The molecular formula is C33H30N4OS2. The summed E-state index contributed by atoms with van der Waals surface area (Å²) in [5.74, 6) is 0.613. The zero-order chi connectivity index (χ0) is 28.1. The van der Waals surface area contributed by atoms with Crippen LogP contribution in [0.1, 0.15) is 45.1 Å². The van der Waals surface area contributed by atoms with Gasteiger partial charge in [-0.1, -0.05) is 81.3 Å². The summed E-state index contributed by atoms with van der Waals surface area (Å²) >= 11 is 2.93. The second-order valence-electron chi connectivity index (χ2n) is 9.81. The van der Waals surface area contributed by atoms with Gasteiger partial charge in [-0.15, -0.1) is 11.3 Å². The van der Waals surface area contributed by atoms with Crippen molar-refractivity contribution in [2.45, 2.75) is 49.3 Å². The Morgan fingerprint density at radius 2 is 1.68 bits per heavy atom. The van der Waals surface area contributed by atoms with E-state index in [1.807, 2.05) is 36.4 Å². The molecule has 0 saturated carbocycles. The number of nitrogens with zero attached hydrogens (tertiary/aromatic N) is 4. The highest BCUT2D eigenvalue weighted by atomic mass is 32.2. The van der Waals surface area contributed by atoms with Crippen molar-refractivity contribution in [1.82, 2.24) is 4.57 Å². The van der Waals surface area contributed by atoms with Gasteiger partial charge in [0.2, 0.25) is 0 Å². The van der Waals surface area contributed by atoms with Crippen LogP contribution in [0.25, 0.3) is 17.3 Å². The lowest BCUT2D eigenvalue weighted by atomic mass is 9.98. The predicted molar refractivity (Wildman–Crippen MR) is 165 cm³/mol. The van der Waals surface area contributed by atoms with Crippen LogP contribution in [0, 0.1) is 28.6 Å². The van der Waals surface area contributed by atoms with Crippen molar-refractivity contribution >= 4 is 46.1 Å². The summed E-state index contributed by atoms with van der Waals surface area (Å²) in [6.45, 7) is 5.50. The molecule has 0 saturated heterocycles. The van der Waals surface area contributed by atoms with Crippen LogP contribution in [-0.4, -0.2) is 11.1 Å². The number of aromatic nitrogens is 1. The number of unbranched alkanes of at least 4 members (excludes halogenated alkanes) is 1. The Labute approximate surface area is 242 Å². The van der Waals surface area contributed by atoms with E-state index < -0.39 is 0 Å². The lowest BCUT2D eigenvalue weighted by molar-refractivity contribution is 0.457. The summed E-state index contributed by atoms with van der Waals surface area (Å²) in [4.78, 5) is 18.4. The van der Waals surface area contributed by atoms with Gasteiger partial charge in [-0.25, -0.2) is 0 Å². The fourth-order valence-electron chi connectivity index (χ4n) is 5.05. The number of anilines is 2.